The lowest BCUT2D eigenvalue weighted by molar-refractivity contribution is 0.299. The minimum Gasteiger partial charge on any atom is -0.357 e. The van der Waals surface area contributed by atoms with E-state index >= 15 is 0 Å². The SMILES string of the molecule is CCNC(=NCc1cccc(CN(C)C)c1)N1CC2CCCCC2C1. The van der Waals surface area contributed by atoms with E-state index in [-0.39, 0.29) is 0 Å². The Morgan fingerprint density at radius 3 is 2.48 bits per heavy atom. The maximum atomic E-state index is 4.96. The van der Waals surface area contributed by atoms with Crippen molar-refractivity contribution in [3.05, 3.63) is 35.4 Å². The van der Waals surface area contributed by atoms with Crippen LogP contribution in [0.5, 0.6) is 0 Å². The molecule has 1 aliphatic carbocycles. The molecule has 1 N–H and O–H groups in total. The molecule has 0 radical (unpaired) electrons. The molecule has 1 saturated heterocycles. The summed E-state index contributed by atoms with van der Waals surface area (Å²) in [7, 11) is 4.22. The highest BCUT2D eigenvalue weighted by Gasteiger charge is 2.35. The van der Waals surface area contributed by atoms with Crippen LogP contribution in [0.15, 0.2) is 29.3 Å². The third-order valence-corrected chi connectivity index (χ3v) is 5.51. The van der Waals surface area contributed by atoms with Crippen molar-refractivity contribution in [2.75, 3.05) is 33.7 Å². The number of nitrogens with zero attached hydrogens (tertiary/aromatic N) is 3. The molecule has 1 saturated carbocycles. The van der Waals surface area contributed by atoms with E-state index in [1.807, 2.05) is 0 Å². The molecular formula is C21H34N4. The molecule has 2 aliphatic rings. The molecule has 2 fully saturated rings. The Labute approximate surface area is 153 Å². The van der Waals surface area contributed by atoms with Crippen LogP contribution in [0.2, 0.25) is 0 Å². The largest absolute Gasteiger partial charge is 0.357 e. The summed E-state index contributed by atoms with van der Waals surface area (Å²) in [5.74, 6) is 2.89. The summed E-state index contributed by atoms with van der Waals surface area (Å²) in [5, 5.41) is 3.52. The van der Waals surface area contributed by atoms with Gasteiger partial charge in [-0.2, -0.15) is 0 Å². The van der Waals surface area contributed by atoms with E-state index in [0.29, 0.717) is 0 Å². The molecule has 3 rings (SSSR count). The molecule has 0 bridgehead atoms. The molecule has 2 atom stereocenters. The zero-order valence-corrected chi connectivity index (χ0v) is 16.2. The first-order chi connectivity index (χ1) is 12.2. The second-order valence-electron chi connectivity index (χ2n) is 7.94. The van der Waals surface area contributed by atoms with Crippen LogP contribution in [0.1, 0.15) is 43.7 Å². The Morgan fingerprint density at radius 2 is 1.84 bits per heavy atom. The van der Waals surface area contributed by atoms with E-state index in [0.717, 1.165) is 37.4 Å². The molecule has 1 aromatic carbocycles. The summed E-state index contributed by atoms with van der Waals surface area (Å²) in [4.78, 5) is 9.68. The monoisotopic (exact) mass is 342 g/mol. The van der Waals surface area contributed by atoms with Gasteiger partial charge in [0.25, 0.3) is 0 Å². The van der Waals surface area contributed by atoms with Crippen molar-refractivity contribution in [3.8, 4) is 0 Å². The molecule has 1 aliphatic heterocycles. The van der Waals surface area contributed by atoms with Gasteiger partial charge in [0.05, 0.1) is 6.54 Å². The predicted octanol–water partition coefficient (Wildman–Crippen LogP) is 3.34. The zero-order chi connectivity index (χ0) is 17.6. The Hall–Kier alpha value is -1.55. The van der Waals surface area contributed by atoms with Crippen LogP contribution in [0.25, 0.3) is 0 Å². The standard InChI is InChI=1S/C21H34N4/c1-4-22-21(25-15-19-10-5-6-11-20(19)16-25)23-13-17-8-7-9-18(12-17)14-24(2)3/h7-9,12,19-20H,4-6,10-11,13-16H2,1-3H3,(H,22,23). The molecule has 4 nitrogen and oxygen atoms in total. The minimum atomic E-state index is 0.759. The lowest BCUT2D eigenvalue weighted by Gasteiger charge is -2.22. The number of likely N-dealkylation sites (tertiary alicyclic amines) is 1. The van der Waals surface area contributed by atoms with Gasteiger partial charge in [0.15, 0.2) is 5.96 Å². The number of nitrogens with one attached hydrogen (secondary N) is 1. The normalized spacial score (nSPS) is 23.8. The van der Waals surface area contributed by atoms with E-state index in [1.54, 1.807) is 0 Å². The van der Waals surface area contributed by atoms with Crippen molar-refractivity contribution in [3.63, 3.8) is 0 Å². The molecule has 0 amide bonds. The number of hydrogen-bond donors (Lipinski definition) is 1. The van der Waals surface area contributed by atoms with E-state index < -0.39 is 0 Å². The fraction of sp³-hybridized carbons (Fsp3) is 0.667. The number of guanidine groups is 1. The van der Waals surface area contributed by atoms with Gasteiger partial charge in [-0.1, -0.05) is 37.1 Å². The van der Waals surface area contributed by atoms with Crippen molar-refractivity contribution >= 4 is 5.96 Å². The van der Waals surface area contributed by atoms with E-state index in [2.05, 4.69) is 60.4 Å². The van der Waals surface area contributed by atoms with Crippen LogP contribution in [0.4, 0.5) is 0 Å². The van der Waals surface area contributed by atoms with Gasteiger partial charge in [0.1, 0.15) is 0 Å². The van der Waals surface area contributed by atoms with Crippen LogP contribution in [0.3, 0.4) is 0 Å². The first kappa shape index (κ1) is 18.2. The van der Waals surface area contributed by atoms with Crippen molar-refractivity contribution in [2.24, 2.45) is 16.8 Å². The van der Waals surface area contributed by atoms with E-state index in [9.17, 15) is 0 Å². The summed E-state index contributed by atoms with van der Waals surface area (Å²) in [6.07, 6.45) is 5.66. The Bertz CT molecular complexity index is 567. The molecular weight excluding hydrogens is 308 g/mol. The van der Waals surface area contributed by atoms with Crippen molar-refractivity contribution in [1.82, 2.24) is 15.1 Å². The summed E-state index contributed by atoms with van der Waals surface area (Å²) >= 11 is 0. The van der Waals surface area contributed by atoms with Gasteiger partial charge in [0.2, 0.25) is 0 Å². The number of fused-ring (bicyclic) bond motifs is 1. The van der Waals surface area contributed by atoms with Crippen LogP contribution in [-0.4, -0.2) is 49.5 Å². The molecule has 4 heteroatoms. The summed E-state index contributed by atoms with van der Waals surface area (Å²) in [6.45, 7) is 7.22. The van der Waals surface area contributed by atoms with Crippen molar-refractivity contribution in [1.29, 1.82) is 0 Å². The van der Waals surface area contributed by atoms with Gasteiger partial charge in [-0.05, 0) is 56.8 Å². The first-order valence-electron chi connectivity index (χ1n) is 9.91. The smallest absolute Gasteiger partial charge is 0.194 e. The van der Waals surface area contributed by atoms with E-state index in [1.165, 1.54) is 49.9 Å². The van der Waals surface area contributed by atoms with Crippen LogP contribution < -0.4 is 5.32 Å². The summed E-state index contributed by atoms with van der Waals surface area (Å²) < 4.78 is 0. The molecule has 2 unspecified atom stereocenters. The fourth-order valence-corrected chi connectivity index (χ4v) is 4.36. The fourth-order valence-electron chi connectivity index (χ4n) is 4.36. The third kappa shape index (κ3) is 4.97. The Morgan fingerprint density at radius 1 is 1.16 bits per heavy atom. The molecule has 25 heavy (non-hydrogen) atoms. The second-order valence-corrected chi connectivity index (χ2v) is 7.94. The third-order valence-electron chi connectivity index (χ3n) is 5.51. The summed E-state index contributed by atoms with van der Waals surface area (Å²) in [6, 6.07) is 8.83. The Kier molecular flexibility index (Phi) is 6.35. The highest BCUT2D eigenvalue weighted by molar-refractivity contribution is 5.80. The quantitative estimate of drug-likeness (QED) is 0.658. The van der Waals surface area contributed by atoms with Crippen LogP contribution >= 0.6 is 0 Å². The van der Waals surface area contributed by atoms with Gasteiger partial charge in [-0.3, -0.25) is 0 Å². The zero-order valence-electron chi connectivity index (χ0n) is 16.2. The number of benzene rings is 1. The minimum absolute atomic E-state index is 0.759. The van der Waals surface area contributed by atoms with E-state index in [4.69, 9.17) is 4.99 Å². The number of rotatable bonds is 5. The number of hydrogen-bond acceptors (Lipinski definition) is 2. The Balaban J connectivity index is 1.66. The summed E-state index contributed by atoms with van der Waals surface area (Å²) in [5.41, 5.74) is 2.65. The second kappa shape index (κ2) is 8.70. The average Bonchev–Trinajstić information content (AvgIpc) is 3.02. The van der Waals surface area contributed by atoms with Gasteiger partial charge in [-0.25, -0.2) is 4.99 Å². The highest BCUT2D eigenvalue weighted by atomic mass is 15.3. The lowest BCUT2D eigenvalue weighted by atomic mass is 9.82. The van der Waals surface area contributed by atoms with Gasteiger partial charge in [-0.15, -0.1) is 0 Å². The number of aliphatic imine (C=N–C) groups is 1. The molecule has 0 spiro atoms. The lowest BCUT2D eigenvalue weighted by Crippen LogP contribution is -2.40. The van der Waals surface area contributed by atoms with Crippen molar-refractivity contribution in [2.45, 2.75) is 45.7 Å². The van der Waals surface area contributed by atoms with Crippen LogP contribution in [0, 0.1) is 11.8 Å². The molecule has 138 valence electrons. The average molecular weight is 343 g/mol. The highest BCUT2D eigenvalue weighted by Crippen LogP contribution is 2.35. The molecule has 1 aromatic rings. The maximum absolute atomic E-state index is 4.96. The molecule has 1 heterocycles. The van der Waals surface area contributed by atoms with Gasteiger partial charge in [0, 0.05) is 26.2 Å². The van der Waals surface area contributed by atoms with Gasteiger partial charge < -0.3 is 15.1 Å². The predicted molar refractivity (Wildman–Crippen MR) is 106 cm³/mol. The van der Waals surface area contributed by atoms with Crippen LogP contribution in [-0.2, 0) is 13.1 Å². The maximum Gasteiger partial charge on any atom is 0.194 e. The first-order valence-corrected chi connectivity index (χ1v) is 9.91. The van der Waals surface area contributed by atoms with Crippen molar-refractivity contribution < 1.29 is 0 Å². The molecule has 0 aromatic heterocycles. The van der Waals surface area contributed by atoms with Gasteiger partial charge >= 0.3 is 0 Å². The topological polar surface area (TPSA) is 30.9 Å².